The van der Waals surface area contributed by atoms with Gasteiger partial charge in [0.1, 0.15) is 0 Å². The third kappa shape index (κ3) is 4.79. The second-order valence-corrected chi connectivity index (χ2v) is 7.87. The van der Waals surface area contributed by atoms with Crippen molar-refractivity contribution in [3.8, 4) is 0 Å². The van der Waals surface area contributed by atoms with Gasteiger partial charge in [-0.25, -0.2) is 4.79 Å². The maximum atomic E-state index is 12.5. The number of carbonyl (C=O) groups is 2. The van der Waals surface area contributed by atoms with Gasteiger partial charge in [0, 0.05) is 34.5 Å². The third-order valence-electron chi connectivity index (χ3n) is 4.42. The van der Waals surface area contributed by atoms with Gasteiger partial charge in [-0.05, 0) is 50.1 Å². The van der Waals surface area contributed by atoms with Crippen molar-refractivity contribution in [3.63, 3.8) is 0 Å². The highest BCUT2D eigenvalue weighted by atomic mass is 32.2. The summed E-state index contributed by atoms with van der Waals surface area (Å²) in [5.41, 5.74) is 7.52. The fraction of sp³-hybridized carbons (Fsp3) is 0.300. The van der Waals surface area contributed by atoms with E-state index < -0.39 is 5.91 Å². The summed E-state index contributed by atoms with van der Waals surface area (Å²) in [6.45, 7) is 3.56. The van der Waals surface area contributed by atoms with Crippen LogP contribution >= 0.6 is 11.8 Å². The van der Waals surface area contributed by atoms with Crippen molar-refractivity contribution in [1.82, 2.24) is 4.90 Å². The molecule has 0 saturated carbocycles. The Labute approximate surface area is 157 Å². The molecule has 0 aliphatic carbocycles. The molecule has 2 aromatic rings. The molecule has 1 aliphatic rings. The highest BCUT2D eigenvalue weighted by molar-refractivity contribution is 8.00. The quantitative estimate of drug-likeness (QED) is 0.859. The number of nitrogens with zero attached hydrogens (tertiary/aromatic N) is 1. The van der Waals surface area contributed by atoms with Crippen molar-refractivity contribution in [3.05, 3.63) is 59.7 Å². The minimum absolute atomic E-state index is 0.134. The minimum Gasteiger partial charge on any atom is -0.366 e. The Hall–Kier alpha value is -2.47. The minimum atomic E-state index is -0.505. The van der Waals surface area contributed by atoms with Crippen LogP contribution in [0.15, 0.2) is 53.4 Å². The van der Waals surface area contributed by atoms with Crippen molar-refractivity contribution in [1.29, 1.82) is 0 Å². The molecule has 0 spiro atoms. The number of amides is 3. The number of nitrogens with two attached hydrogens (primary N) is 1. The Morgan fingerprint density at radius 1 is 1.12 bits per heavy atom. The van der Waals surface area contributed by atoms with Crippen LogP contribution in [0.2, 0.25) is 0 Å². The number of hydrogen-bond acceptors (Lipinski definition) is 3. The van der Waals surface area contributed by atoms with Crippen LogP contribution in [0.25, 0.3) is 0 Å². The van der Waals surface area contributed by atoms with Gasteiger partial charge in [0.05, 0.1) is 0 Å². The number of rotatable bonds is 4. The van der Waals surface area contributed by atoms with Crippen LogP contribution in [0.4, 0.5) is 10.5 Å². The number of carbonyl (C=O) groups excluding carboxylic acids is 2. The number of anilines is 1. The lowest BCUT2D eigenvalue weighted by atomic mass is 10.1. The van der Waals surface area contributed by atoms with Crippen molar-refractivity contribution in [2.75, 3.05) is 18.4 Å². The van der Waals surface area contributed by atoms with E-state index in [9.17, 15) is 9.59 Å². The molecular formula is C20H23N3O2S. The number of benzene rings is 2. The van der Waals surface area contributed by atoms with Gasteiger partial charge in [-0.15, -0.1) is 11.8 Å². The number of likely N-dealkylation sites (tertiary alicyclic amines) is 1. The van der Waals surface area contributed by atoms with Crippen molar-refractivity contribution >= 4 is 29.4 Å². The lowest BCUT2D eigenvalue weighted by Crippen LogP contribution is -2.41. The van der Waals surface area contributed by atoms with E-state index in [0.29, 0.717) is 16.5 Å². The zero-order valence-corrected chi connectivity index (χ0v) is 15.6. The molecule has 136 valence electrons. The number of thioether (sulfide) groups is 1. The molecule has 26 heavy (non-hydrogen) atoms. The first-order valence-corrected chi connectivity index (χ1v) is 9.58. The monoisotopic (exact) mass is 369 g/mol. The SMILES string of the molecule is Cc1cccc(SC2CCN(C(=O)Nc3cccc(C(N)=O)c3)CC2)c1. The molecule has 0 bridgehead atoms. The standard InChI is InChI=1S/C20H23N3O2S/c1-14-4-2-7-18(12-14)26-17-8-10-23(11-9-17)20(25)22-16-6-3-5-15(13-16)19(21)24/h2-7,12-13,17H,8-11H2,1H3,(H2,21,24)(H,22,25). The molecule has 1 saturated heterocycles. The van der Waals surface area contributed by atoms with E-state index in [1.807, 2.05) is 16.7 Å². The third-order valence-corrected chi connectivity index (χ3v) is 5.75. The van der Waals surface area contributed by atoms with E-state index in [1.54, 1.807) is 24.3 Å². The highest BCUT2D eigenvalue weighted by Crippen LogP contribution is 2.31. The van der Waals surface area contributed by atoms with Crippen molar-refractivity contribution in [2.24, 2.45) is 5.73 Å². The van der Waals surface area contributed by atoms with Crippen LogP contribution in [-0.2, 0) is 0 Å². The summed E-state index contributed by atoms with van der Waals surface area (Å²) in [5, 5.41) is 3.38. The molecule has 6 heteroatoms. The summed E-state index contributed by atoms with van der Waals surface area (Å²) >= 11 is 1.89. The molecule has 0 radical (unpaired) electrons. The van der Waals surface area contributed by atoms with Crippen LogP contribution in [0, 0.1) is 6.92 Å². The predicted molar refractivity (Wildman–Crippen MR) is 106 cm³/mol. The van der Waals surface area contributed by atoms with E-state index in [-0.39, 0.29) is 6.03 Å². The van der Waals surface area contributed by atoms with Crippen LogP contribution in [0.5, 0.6) is 0 Å². The summed E-state index contributed by atoms with van der Waals surface area (Å²) in [7, 11) is 0. The Balaban J connectivity index is 1.52. The summed E-state index contributed by atoms with van der Waals surface area (Å²) < 4.78 is 0. The van der Waals surface area contributed by atoms with E-state index in [4.69, 9.17) is 5.73 Å². The first-order chi connectivity index (χ1) is 12.5. The second kappa shape index (κ2) is 8.27. The summed E-state index contributed by atoms with van der Waals surface area (Å²) in [6.07, 6.45) is 1.93. The predicted octanol–water partition coefficient (Wildman–Crippen LogP) is 3.88. The second-order valence-electron chi connectivity index (χ2n) is 6.50. The molecule has 0 unspecified atom stereocenters. The molecule has 2 aromatic carbocycles. The first-order valence-electron chi connectivity index (χ1n) is 8.70. The lowest BCUT2D eigenvalue weighted by molar-refractivity contribution is 0.1000. The topological polar surface area (TPSA) is 75.4 Å². The average molecular weight is 369 g/mol. The summed E-state index contributed by atoms with van der Waals surface area (Å²) in [6, 6.07) is 15.1. The number of urea groups is 1. The highest BCUT2D eigenvalue weighted by Gasteiger charge is 2.23. The molecule has 0 aromatic heterocycles. The summed E-state index contributed by atoms with van der Waals surface area (Å²) in [4.78, 5) is 26.8. The fourth-order valence-corrected chi connectivity index (χ4v) is 4.25. The van der Waals surface area contributed by atoms with Gasteiger partial charge in [-0.1, -0.05) is 23.8 Å². The number of piperidine rings is 1. The first kappa shape index (κ1) is 18.3. The Morgan fingerprint density at radius 3 is 2.54 bits per heavy atom. The Bertz CT molecular complexity index is 801. The van der Waals surface area contributed by atoms with Crippen molar-refractivity contribution in [2.45, 2.75) is 29.9 Å². The van der Waals surface area contributed by atoms with Crippen LogP contribution in [0.1, 0.15) is 28.8 Å². The smallest absolute Gasteiger partial charge is 0.321 e. The maximum Gasteiger partial charge on any atom is 0.321 e. The van der Waals surface area contributed by atoms with Gasteiger partial charge >= 0.3 is 6.03 Å². The zero-order chi connectivity index (χ0) is 18.5. The van der Waals surface area contributed by atoms with E-state index in [0.717, 1.165) is 25.9 Å². The molecule has 3 amide bonds. The molecule has 1 heterocycles. The van der Waals surface area contributed by atoms with Gasteiger partial charge in [0.25, 0.3) is 0 Å². The lowest BCUT2D eigenvalue weighted by Gasteiger charge is -2.31. The van der Waals surface area contributed by atoms with E-state index in [1.165, 1.54) is 10.5 Å². The fourth-order valence-electron chi connectivity index (χ4n) is 3.01. The van der Waals surface area contributed by atoms with Gasteiger partial charge in [-0.2, -0.15) is 0 Å². The Morgan fingerprint density at radius 2 is 1.85 bits per heavy atom. The number of nitrogens with one attached hydrogen (secondary N) is 1. The van der Waals surface area contributed by atoms with Crippen LogP contribution in [-0.4, -0.2) is 35.2 Å². The number of aryl methyl sites for hydroxylation is 1. The number of primary amides is 1. The van der Waals surface area contributed by atoms with Gasteiger partial charge in [-0.3, -0.25) is 4.79 Å². The zero-order valence-electron chi connectivity index (χ0n) is 14.8. The molecular weight excluding hydrogens is 346 g/mol. The molecule has 3 N–H and O–H groups in total. The average Bonchev–Trinajstić information content (AvgIpc) is 2.62. The van der Waals surface area contributed by atoms with Crippen LogP contribution in [0.3, 0.4) is 0 Å². The molecule has 1 fully saturated rings. The number of hydrogen-bond donors (Lipinski definition) is 2. The molecule has 5 nitrogen and oxygen atoms in total. The van der Waals surface area contributed by atoms with Gasteiger partial charge in [0.2, 0.25) is 5.91 Å². The van der Waals surface area contributed by atoms with E-state index >= 15 is 0 Å². The maximum absolute atomic E-state index is 12.5. The van der Waals surface area contributed by atoms with E-state index in [2.05, 4.69) is 36.5 Å². The Kier molecular flexibility index (Phi) is 5.83. The molecule has 1 aliphatic heterocycles. The normalized spacial score (nSPS) is 14.9. The molecule has 0 atom stereocenters. The van der Waals surface area contributed by atoms with Gasteiger partial charge in [0.15, 0.2) is 0 Å². The van der Waals surface area contributed by atoms with Crippen molar-refractivity contribution < 1.29 is 9.59 Å². The van der Waals surface area contributed by atoms with Crippen LogP contribution < -0.4 is 11.1 Å². The van der Waals surface area contributed by atoms with Gasteiger partial charge < -0.3 is 16.0 Å². The molecule has 3 rings (SSSR count). The summed E-state index contributed by atoms with van der Waals surface area (Å²) in [5.74, 6) is -0.505. The largest absolute Gasteiger partial charge is 0.366 e.